The standard InChI is InChI=1S/C15H26O3/c1-5-6-13(14(16)17)15(18)9-11(4)7-8-12(15)10(2)3/h11,13,18H,5-9H2,1-4H3,(H,16,17). The molecule has 3 nitrogen and oxygen atoms in total. The molecule has 1 aliphatic carbocycles. The van der Waals surface area contributed by atoms with E-state index >= 15 is 0 Å². The van der Waals surface area contributed by atoms with Crippen molar-refractivity contribution in [1.82, 2.24) is 0 Å². The number of carboxylic acid groups (broad SMARTS) is 1. The lowest BCUT2D eigenvalue weighted by molar-refractivity contribution is -0.152. The van der Waals surface area contributed by atoms with Gasteiger partial charge in [0.25, 0.3) is 0 Å². The van der Waals surface area contributed by atoms with Gasteiger partial charge in [-0.25, -0.2) is 0 Å². The third-order valence-corrected chi connectivity index (χ3v) is 4.12. The maximum Gasteiger partial charge on any atom is 0.309 e. The molecule has 0 heterocycles. The van der Waals surface area contributed by atoms with Gasteiger partial charge in [-0.2, -0.15) is 0 Å². The van der Waals surface area contributed by atoms with E-state index < -0.39 is 17.5 Å². The number of carboxylic acids is 1. The van der Waals surface area contributed by atoms with Crippen molar-refractivity contribution >= 4 is 5.97 Å². The Morgan fingerprint density at radius 3 is 2.56 bits per heavy atom. The molecule has 18 heavy (non-hydrogen) atoms. The molecule has 104 valence electrons. The van der Waals surface area contributed by atoms with Crippen LogP contribution in [0, 0.1) is 11.8 Å². The van der Waals surface area contributed by atoms with Crippen LogP contribution in [0.5, 0.6) is 0 Å². The van der Waals surface area contributed by atoms with E-state index in [4.69, 9.17) is 0 Å². The molecule has 1 aliphatic rings. The highest BCUT2D eigenvalue weighted by Crippen LogP contribution is 2.44. The Bertz CT molecular complexity index is 342. The van der Waals surface area contributed by atoms with Crippen LogP contribution >= 0.6 is 0 Å². The van der Waals surface area contributed by atoms with Crippen molar-refractivity contribution in [3.63, 3.8) is 0 Å². The smallest absolute Gasteiger partial charge is 0.309 e. The van der Waals surface area contributed by atoms with Gasteiger partial charge in [-0.3, -0.25) is 4.79 Å². The zero-order chi connectivity index (χ0) is 13.9. The summed E-state index contributed by atoms with van der Waals surface area (Å²) in [5, 5.41) is 20.4. The van der Waals surface area contributed by atoms with Crippen molar-refractivity contribution in [2.75, 3.05) is 0 Å². The number of aliphatic hydroxyl groups is 1. The van der Waals surface area contributed by atoms with Gasteiger partial charge in [0.15, 0.2) is 0 Å². The molecular weight excluding hydrogens is 228 g/mol. The maximum atomic E-state index is 11.5. The molecule has 3 atom stereocenters. The Kier molecular flexibility index (Phi) is 4.97. The second kappa shape index (κ2) is 5.87. The summed E-state index contributed by atoms with van der Waals surface area (Å²) in [7, 11) is 0. The molecule has 0 aromatic heterocycles. The van der Waals surface area contributed by atoms with E-state index in [2.05, 4.69) is 6.92 Å². The SMILES string of the molecule is CCCC(C(=O)O)C1(O)CC(C)CCC1=C(C)C. The molecule has 3 heteroatoms. The molecule has 0 amide bonds. The molecule has 2 N–H and O–H groups in total. The van der Waals surface area contributed by atoms with Gasteiger partial charge in [0.05, 0.1) is 11.5 Å². The molecule has 1 rings (SSSR count). The lowest BCUT2D eigenvalue weighted by Crippen LogP contribution is -2.48. The fourth-order valence-corrected chi connectivity index (χ4v) is 3.25. The van der Waals surface area contributed by atoms with Gasteiger partial charge in [0.2, 0.25) is 0 Å². The minimum absolute atomic E-state index is 0.386. The summed E-state index contributed by atoms with van der Waals surface area (Å²) in [6.45, 7) is 8.01. The zero-order valence-electron chi connectivity index (χ0n) is 12.0. The Morgan fingerprint density at radius 1 is 1.50 bits per heavy atom. The minimum atomic E-state index is -1.14. The Hall–Kier alpha value is -0.830. The second-order valence-electron chi connectivity index (χ2n) is 5.93. The first kappa shape index (κ1) is 15.2. The molecule has 0 spiro atoms. The van der Waals surface area contributed by atoms with E-state index in [1.807, 2.05) is 20.8 Å². The monoisotopic (exact) mass is 254 g/mol. The Labute approximate surface area is 110 Å². The summed E-state index contributed by atoms with van der Waals surface area (Å²) in [5.74, 6) is -1.15. The molecule has 3 unspecified atom stereocenters. The quantitative estimate of drug-likeness (QED) is 0.756. The van der Waals surface area contributed by atoms with Crippen LogP contribution in [0.25, 0.3) is 0 Å². The third-order valence-electron chi connectivity index (χ3n) is 4.12. The first-order chi connectivity index (χ1) is 8.32. The van der Waals surface area contributed by atoms with E-state index in [0.29, 0.717) is 18.8 Å². The number of hydrogen-bond donors (Lipinski definition) is 2. The highest BCUT2D eigenvalue weighted by Gasteiger charge is 2.46. The first-order valence-electron chi connectivity index (χ1n) is 6.94. The average molecular weight is 254 g/mol. The third kappa shape index (κ3) is 2.94. The van der Waals surface area contributed by atoms with Crippen LogP contribution in [0.2, 0.25) is 0 Å². The van der Waals surface area contributed by atoms with Crippen LogP contribution in [-0.2, 0) is 4.79 Å². The Morgan fingerprint density at radius 2 is 2.11 bits per heavy atom. The number of carbonyl (C=O) groups is 1. The maximum absolute atomic E-state index is 11.5. The largest absolute Gasteiger partial charge is 0.481 e. The highest BCUT2D eigenvalue weighted by molar-refractivity contribution is 5.72. The summed E-state index contributed by atoms with van der Waals surface area (Å²) < 4.78 is 0. The predicted molar refractivity (Wildman–Crippen MR) is 72.4 cm³/mol. The molecule has 0 bridgehead atoms. The molecule has 0 aliphatic heterocycles. The van der Waals surface area contributed by atoms with Gasteiger partial charge < -0.3 is 10.2 Å². The second-order valence-corrected chi connectivity index (χ2v) is 5.93. The number of rotatable bonds is 4. The van der Waals surface area contributed by atoms with Crippen LogP contribution in [0.15, 0.2) is 11.1 Å². The van der Waals surface area contributed by atoms with Crippen LogP contribution in [-0.4, -0.2) is 21.8 Å². The van der Waals surface area contributed by atoms with E-state index in [1.165, 1.54) is 0 Å². The molecule has 0 aromatic carbocycles. The van der Waals surface area contributed by atoms with Crippen molar-refractivity contribution in [3.8, 4) is 0 Å². The highest BCUT2D eigenvalue weighted by atomic mass is 16.4. The first-order valence-corrected chi connectivity index (χ1v) is 6.94. The summed E-state index contributed by atoms with van der Waals surface area (Å²) in [5.41, 5.74) is 0.895. The molecule has 0 aromatic rings. The van der Waals surface area contributed by atoms with Crippen LogP contribution < -0.4 is 0 Å². The normalized spacial score (nSPS) is 30.1. The van der Waals surface area contributed by atoms with Gasteiger partial charge >= 0.3 is 5.97 Å². The van der Waals surface area contributed by atoms with Crippen LogP contribution in [0.3, 0.4) is 0 Å². The topological polar surface area (TPSA) is 57.5 Å². The lowest BCUT2D eigenvalue weighted by Gasteiger charge is -2.43. The van der Waals surface area contributed by atoms with Crippen LogP contribution in [0.4, 0.5) is 0 Å². The zero-order valence-corrected chi connectivity index (χ0v) is 12.0. The van der Waals surface area contributed by atoms with Gasteiger partial charge in [-0.15, -0.1) is 0 Å². The summed E-state index contributed by atoms with van der Waals surface area (Å²) >= 11 is 0. The summed E-state index contributed by atoms with van der Waals surface area (Å²) in [4.78, 5) is 11.5. The van der Waals surface area contributed by atoms with Crippen molar-refractivity contribution in [3.05, 3.63) is 11.1 Å². The predicted octanol–water partition coefficient (Wildman–Crippen LogP) is 3.37. The average Bonchev–Trinajstić information content (AvgIpc) is 2.24. The fraction of sp³-hybridized carbons (Fsp3) is 0.800. The Balaban J connectivity index is 3.16. The number of hydrogen-bond acceptors (Lipinski definition) is 2. The summed E-state index contributed by atoms with van der Waals surface area (Å²) in [6.07, 6.45) is 3.76. The van der Waals surface area contributed by atoms with Gasteiger partial charge in [-0.05, 0) is 51.0 Å². The molecule has 0 saturated heterocycles. The van der Waals surface area contributed by atoms with Crippen LogP contribution in [0.1, 0.15) is 59.8 Å². The summed E-state index contributed by atoms with van der Waals surface area (Å²) in [6, 6.07) is 0. The molecular formula is C15H26O3. The molecule has 0 radical (unpaired) electrons. The minimum Gasteiger partial charge on any atom is -0.481 e. The molecule has 1 fully saturated rings. The van der Waals surface area contributed by atoms with Crippen molar-refractivity contribution in [2.45, 2.75) is 65.4 Å². The number of allylic oxidation sites excluding steroid dienone is 1. The molecule has 1 saturated carbocycles. The van der Waals surface area contributed by atoms with E-state index in [9.17, 15) is 15.0 Å². The fourth-order valence-electron chi connectivity index (χ4n) is 3.25. The van der Waals surface area contributed by atoms with E-state index in [0.717, 1.165) is 30.4 Å². The van der Waals surface area contributed by atoms with Gasteiger partial charge in [-0.1, -0.05) is 25.8 Å². The van der Waals surface area contributed by atoms with Gasteiger partial charge in [0.1, 0.15) is 0 Å². The van der Waals surface area contributed by atoms with E-state index in [1.54, 1.807) is 0 Å². The lowest BCUT2D eigenvalue weighted by atomic mass is 9.66. The van der Waals surface area contributed by atoms with Crippen molar-refractivity contribution in [2.24, 2.45) is 11.8 Å². The van der Waals surface area contributed by atoms with E-state index in [-0.39, 0.29) is 0 Å². The van der Waals surface area contributed by atoms with Gasteiger partial charge in [0, 0.05) is 0 Å². The van der Waals surface area contributed by atoms with Crippen molar-refractivity contribution < 1.29 is 15.0 Å². The van der Waals surface area contributed by atoms with Crippen molar-refractivity contribution in [1.29, 1.82) is 0 Å². The number of aliphatic carboxylic acids is 1.